The highest BCUT2D eigenvalue weighted by atomic mass is 32.2. The zero-order valence-corrected chi connectivity index (χ0v) is 12.7. The van der Waals surface area contributed by atoms with Crippen molar-refractivity contribution in [2.24, 2.45) is 0 Å². The number of rotatable bonds is 4. The second-order valence-corrected chi connectivity index (χ2v) is 7.22. The van der Waals surface area contributed by atoms with E-state index in [9.17, 15) is 8.42 Å². The van der Waals surface area contributed by atoms with Gasteiger partial charge in [-0.15, -0.1) is 0 Å². The molecule has 2 rings (SSSR count). The maximum absolute atomic E-state index is 12.7. The molecule has 4 nitrogen and oxygen atoms in total. The summed E-state index contributed by atoms with van der Waals surface area (Å²) in [6.45, 7) is 3.98. The third-order valence-electron chi connectivity index (χ3n) is 3.98. The standard InChI is InChI=1S/C15H20N2O2S/c1-3-15-9-8-12(2)17(15)20(18,19)11-14-7-5-4-6-13(14)10-16/h4-7,12,15H,3,8-9,11H2,1-2H3. The molecule has 2 atom stereocenters. The van der Waals surface area contributed by atoms with Crippen LogP contribution in [0, 0.1) is 11.3 Å². The maximum Gasteiger partial charge on any atom is 0.218 e. The molecule has 1 fully saturated rings. The Hall–Kier alpha value is -1.38. The van der Waals surface area contributed by atoms with Crippen LogP contribution in [-0.2, 0) is 15.8 Å². The Morgan fingerprint density at radius 3 is 2.70 bits per heavy atom. The van der Waals surface area contributed by atoms with Gasteiger partial charge in [0.2, 0.25) is 10.0 Å². The summed E-state index contributed by atoms with van der Waals surface area (Å²) >= 11 is 0. The lowest BCUT2D eigenvalue weighted by molar-refractivity contribution is 0.328. The Morgan fingerprint density at radius 2 is 2.05 bits per heavy atom. The molecular formula is C15H20N2O2S. The predicted octanol–water partition coefficient (Wildman–Crippen LogP) is 2.65. The van der Waals surface area contributed by atoms with Gasteiger partial charge >= 0.3 is 0 Å². The minimum absolute atomic E-state index is 0.0548. The fourth-order valence-corrected chi connectivity index (χ4v) is 5.12. The zero-order valence-electron chi connectivity index (χ0n) is 11.9. The summed E-state index contributed by atoms with van der Waals surface area (Å²) in [6.07, 6.45) is 2.68. The highest BCUT2D eigenvalue weighted by Crippen LogP contribution is 2.30. The number of nitrogens with zero attached hydrogens (tertiary/aromatic N) is 2. The molecule has 108 valence electrons. The van der Waals surface area contributed by atoms with E-state index in [4.69, 9.17) is 5.26 Å². The van der Waals surface area contributed by atoms with Crippen LogP contribution in [0.2, 0.25) is 0 Å². The van der Waals surface area contributed by atoms with Crippen molar-refractivity contribution in [1.29, 1.82) is 5.26 Å². The molecule has 1 aliphatic rings. The van der Waals surface area contributed by atoms with Crippen LogP contribution in [0.1, 0.15) is 44.2 Å². The lowest BCUT2D eigenvalue weighted by atomic mass is 10.1. The Balaban J connectivity index is 2.30. The summed E-state index contributed by atoms with van der Waals surface area (Å²) in [5, 5.41) is 9.07. The van der Waals surface area contributed by atoms with Gasteiger partial charge < -0.3 is 0 Å². The molecule has 20 heavy (non-hydrogen) atoms. The molecule has 1 saturated heterocycles. The van der Waals surface area contributed by atoms with E-state index in [0.29, 0.717) is 11.1 Å². The maximum atomic E-state index is 12.7. The Bertz CT molecular complexity index is 619. The van der Waals surface area contributed by atoms with Crippen LogP contribution in [0.4, 0.5) is 0 Å². The van der Waals surface area contributed by atoms with E-state index in [0.717, 1.165) is 19.3 Å². The van der Waals surface area contributed by atoms with Crippen molar-refractivity contribution >= 4 is 10.0 Å². The lowest BCUT2D eigenvalue weighted by Gasteiger charge is -2.27. The molecule has 0 amide bonds. The Morgan fingerprint density at radius 1 is 1.35 bits per heavy atom. The summed E-state index contributed by atoms with van der Waals surface area (Å²) in [6, 6.07) is 9.13. The van der Waals surface area contributed by atoms with Crippen molar-refractivity contribution in [1.82, 2.24) is 4.31 Å². The van der Waals surface area contributed by atoms with E-state index in [1.54, 1.807) is 28.6 Å². The van der Waals surface area contributed by atoms with Crippen molar-refractivity contribution in [2.45, 2.75) is 50.9 Å². The topological polar surface area (TPSA) is 61.2 Å². The largest absolute Gasteiger partial charge is 0.218 e. The number of hydrogen-bond donors (Lipinski definition) is 0. The number of hydrogen-bond acceptors (Lipinski definition) is 3. The van der Waals surface area contributed by atoms with Crippen molar-refractivity contribution in [2.75, 3.05) is 0 Å². The normalized spacial score (nSPS) is 23.6. The molecule has 0 aromatic heterocycles. The van der Waals surface area contributed by atoms with Gasteiger partial charge in [0, 0.05) is 12.1 Å². The molecular weight excluding hydrogens is 272 g/mol. The molecule has 0 N–H and O–H groups in total. The third-order valence-corrected chi connectivity index (χ3v) is 5.96. The SMILES string of the molecule is CCC1CCC(C)N1S(=O)(=O)Cc1ccccc1C#N. The van der Waals surface area contributed by atoms with Crippen LogP contribution >= 0.6 is 0 Å². The van der Waals surface area contributed by atoms with Gasteiger partial charge in [-0.25, -0.2) is 8.42 Å². The third kappa shape index (κ3) is 2.87. The molecule has 1 aliphatic heterocycles. The van der Waals surface area contributed by atoms with Crippen LogP contribution in [0.25, 0.3) is 0 Å². The highest BCUT2D eigenvalue weighted by Gasteiger charge is 2.38. The number of benzene rings is 1. The minimum Gasteiger partial charge on any atom is -0.212 e. The first-order valence-corrected chi connectivity index (χ1v) is 8.59. The molecule has 2 unspecified atom stereocenters. The summed E-state index contributed by atoms with van der Waals surface area (Å²) in [5.41, 5.74) is 1.03. The smallest absolute Gasteiger partial charge is 0.212 e. The van der Waals surface area contributed by atoms with Crippen LogP contribution in [0.5, 0.6) is 0 Å². The van der Waals surface area contributed by atoms with Crippen LogP contribution < -0.4 is 0 Å². The van der Waals surface area contributed by atoms with E-state index >= 15 is 0 Å². The summed E-state index contributed by atoms with van der Waals surface area (Å²) in [4.78, 5) is 0. The average molecular weight is 292 g/mol. The summed E-state index contributed by atoms with van der Waals surface area (Å²) in [5.74, 6) is -0.0857. The van der Waals surface area contributed by atoms with E-state index in [1.165, 1.54) is 0 Å². The van der Waals surface area contributed by atoms with Crippen LogP contribution in [0.15, 0.2) is 24.3 Å². The first-order valence-electron chi connectivity index (χ1n) is 6.98. The van der Waals surface area contributed by atoms with Crippen LogP contribution in [-0.4, -0.2) is 24.8 Å². The van der Waals surface area contributed by atoms with Crippen LogP contribution in [0.3, 0.4) is 0 Å². The van der Waals surface area contributed by atoms with Gasteiger partial charge in [-0.3, -0.25) is 0 Å². The van der Waals surface area contributed by atoms with Gasteiger partial charge in [-0.1, -0.05) is 25.1 Å². The molecule has 5 heteroatoms. The van der Waals surface area contributed by atoms with Crippen molar-refractivity contribution in [3.8, 4) is 6.07 Å². The predicted molar refractivity (Wildman–Crippen MR) is 78.4 cm³/mol. The molecule has 0 spiro atoms. The average Bonchev–Trinajstić information content (AvgIpc) is 2.81. The van der Waals surface area contributed by atoms with E-state index in [1.807, 2.05) is 13.8 Å². The number of nitriles is 1. The van der Waals surface area contributed by atoms with Gasteiger partial charge in [-0.2, -0.15) is 9.57 Å². The van der Waals surface area contributed by atoms with E-state index in [2.05, 4.69) is 6.07 Å². The van der Waals surface area contributed by atoms with Gasteiger partial charge in [0.05, 0.1) is 17.4 Å². The molecule has 0 saturated carbocycles. The molecule has 0 bridgehead atoms. The molecule has 0 radical (unpaired) electrons. The fraction of sp³-hybridized carbons (Fsp3) is 0.533. The lowest BCUT2D eigenvalue weighted by Crippen LogP contribution is -2.40. The van der Waals surface area contributed by atoms with Crippen molar-refractivity contribution in [3.05, 3.63) is 35.4 Å². The van der Waals surface area contributed by atoms with E-state index in [-0.39, 0.29) is 17.8 Å². The second kappa shape index (κ2) is 5.94. The second-order valence-electron chi connectivity index (χ2n) is 5.34. The van der Waals surface area contributed by atoms with Crippen molar-refractivity contribution < 1.29 is 8.42 Å². The summed E-state index contributed by atoms with van der Waals surface area (Å²) < 4.78 is 27.0. The highest BCUT2D eigenvalue weighted by molar-refractivity contribution is 7.88. The van der Waals surface area contributed by atoms with Gasteiger partial charge in [0.1, 0.15) is 0 Å². The monoisotopic (exact) mass is 292 g/mol. The number of sulfonamides is 1. The van der Waals surface area contributed by atoms with E-state index < -0.39 is 10.0 Å². The van der Waals surface area contributed by atoms with Crippen molar-refractivity contribution in [3.63, 3.8) is 0 Å². The first kappa shape index (κ1) is 15.0. The molecule has 1 aromatic carbocycles. The molecule has 0 aliphatic carbocycles. The first-order chi connectivity index (χ1) is 9.49. The Kier molecular flexibility index (Phi) is 4.46. The van der Waals surface area contributed by atoms with Gasteiger partial charge in [0.25, 0.3) is 0 Å². The zero-order chi connectivity index (χ0) is 14.8. The van der Waals surface area contributed by atoms with Gasteiger partial charge in [-0.05, 0) is 37.8 Å². The summed E-state index contributed by atoms with van der Waals surface area (Å²) in [7, 11) is -3.37. The van der Waals surface area contributed by atoms with Gasteiger partial charge in [0.15, 0.2) is 0 Å². The quantitative estimate of drug-likeness (QED) is 0.857. The minimum atomic E-state index is -3.37. The fourth-order valence-electron chi connectivity index (χ4n) is 2.96. The Labute approximate surface area is 121 Å². The molecule has 1 heterocycles. The molecule has 1 aromatic rings.